The third-order valence-corrected chi connectivity index (χ3v) is 9.66. The number of nitrogens with zero attached hydrogens (tertiary/aromatic N) is 3. The number of rotatable bonds is 6. The maximum absolute atomic E-state index is 2.40. The van der Waals surface area contributed by atoms with Crippen molar-refractivity contribution in [2.75, 3.05) is 4.90 Å². The molecule has 2 aromatic heterocycles. The predicted molar refractivity (Wildman–Crippen MR) is 204 cm³/mol. The first kappa shape index (κ1) is 28.2. The topological polar surface area (TPSA) is 13.1 Å². The molecule has 0 saturated heterocycles. The largest absolute Gasteiger partial charge is 0.310 e. The lowest BCUT2D eigenvalue weighted by Crippen LogP contribution is -2.09. The van der Waals surface area contributed by atoms with Gasteiger partial charge in [-0.25, -0.2) is 0 Å². The molecule has 9 aromatic rings. The van der Waals surface area contributed by atoms with Gasteiger partial charge in [0.1, 0.15) is 0 Å². The molecule has 0 bridgehead atoms. The van der Waals surface area contributed by atoms with E-state index >= 15 is 0 Å². The first-order valence-electron chi connectivity index (χ1n) is 16.7. The molecule has 0 spiro atoms. The summed E-state index contributed by atoms with van der Waals surface area (Å²) in [6, 6.07) is 61.6. The van der Waals surface area contributed by atoms with E-state index in [4.69, 9.17) is 0 Å². The van der Waals surface area contributed by atoms with Crippen molar-refractivity contribution in [3.05, 3.63) is 175 Å². The lowest BCUT2D eigenvalue weighted by atomic mass is 10.0. The van der Waals surface area contributed by atoms with Crippen molar-refractivity contribution >= 4 is 60.7 Å². The minimum atomic E-state index is 0.443. The molecule has 7 aromatic carbocycles. The highest BCUT2D eigenvalue weighted by Crippen LogP contribution is 2.42. The summed E-state index contributed by atoms with van der Waals surface area (Å²) in [6.07, 6.45) is 0. The van der Waals surface area contributed by atoms with Crippen molar-refractivity contribution < 1.29 is 0 Å². The molecule has 0 aliphatic carbocycles. The van der Waals surface area contributed by atoms with E-state index in [1.54, 1.807) is 0 Å². The lowest BCUT2D eigenvalue weighted by molar-refractivity contribution is 0.868. The Kier molecular flexibility index (Phi) is 6.65. The summed E-state index contributed by atoms with van der Waals surface area (Å²) in [5.41, 5.74) is 11.9. The number of benzene rings is 7. The summed E-state index contributed by atoms with van der Waals surface area (Å²) in [5.74, 6) is 0.443. The van der Waals surface area contributed by atoms with Crippen molar-refractivity contribution in [1.82, 2.24) is 9.13 Å². The quantitative estimate of drug-likeness (QED) is 0.181. The number of anilines is 3. The third kappa shape index (κ3) is 4.51. The maximum Gasteiger partial charge on any atom is 0.0542 e. The maximum atomic E-state index is 2.40. The molecule has 48 heavy (non-hydrogen) atoms. The molecule has 0 atom stereocenters. The van der Waals surface area contributed by atoms with Gasteiger partial charge in [0.2, 0.25) is 0 Å². The van der Waals surface area contributed by atoms with Crippen LogP contribution in [0.2, 0.25) is 0 Å². The van der Waals surface area contributed by atoms with Gasteiger partial charge in [0.15, 0.2) is 0 Å². The second-order valence-corrected chi connectivity index (χ2v) is 12.9. The second-order valence-electron chi connectivity index (χ2n) is 12.9. The molecule has 3 nitrogen and oxygen atoms in total. The van der Waals surface area contributed by atoms with Crippen LogP contribution in [0.3, 0.4) is 0 Å². The molecular weight excluding hydrogens is 583 g/mol. The number of hydrogen-bond acceptors (Lipinski definition) is 1. The van der Waals surface area contributed by atoms with E-state index < -0.39 is 0 Å². The first-order chi connectivity index (χ1) is 23.7. The van der Waals surface area contributed by atoms with Gasteiger partial charge in [0.25, 0.3) is 0 Å². The van der Waals surface area contributed by atoms with Gasteiger partial charge in [-0.2, -0.15) is 0 Å². The van der Waals surface area contributed by atoms with Crippen LogP contribution in [-0.2, 0) is 0 Å². The Morgan fingerprint density at radius 2 is 0.812 bits per heavy atom. The van der Waals surface area contributed by atoms with Crippen LogP contribution < -0.4 is 4.90 Å². The number of hydrogen-bond donors (Lipinski definition) is 0. The SMILES string of the molecule is CC(C)c1ccc2c(c1)c1cc(N(c3ccccc3)c3ccc4c(c3)c3ccccc3n4-c3ccccc3)ccc1n2-c1ccccc1. The zero-order chi connectivity index (χ0) is 32.2. The standard InChI is InChI=1S/C45H35N3/c1-31(2)32-22-25-43-39(28-32)41-30-37(24-27-45(41)48(43)35-18-10-5-11-19-35)46(33-14-6-3-7-15-33)36-23-26-44-40(29-36)38-20-12-13-21-42(38)47(44)34-16-8-4-9-17-34/h3-31H,1-2H3. The second kappa shape index (κ2) is 11.3. The smallest absolute Gasteiger partial charge is 0.0542 e. The van der Waals surface area contributed by atoms with Crippen LogP contribution in [0.15, 0.2) is 170 Å². The van der Waals surface area contributed by atoms with Crippen LogP contribution in [0, 0.1) is 0 Å². The van der Waals surface area contributed by atoms with E-state index in [1.807, 2.05) is 0 Å². The molecule has 0 aliphatic rings. The monoisotopic (exact) mass is 617 g/mol. The summed E-state index contributed by atoms with van der Waals surface area (Å²) >= 11 is 0. The molecule has 9 rings (SSSR count). The Morgan fingerprint density at radius 3 is 1.38 bits per heavy atom. The van der Waals surface area contributed by atoms with E-state index in [2.05, 4.69) is 198 Å². The van der Waals surface area contributed by atoms with Crippen LogP contribution in [0.25, 0.3) is 55.0 Å². The van der Waals surface area contributed by atoms with Crippen molar-refractivity contribution in [3.63, 3.8) is 0 Å². The van der Waals surface area contributed by atoms with Crippen molar-refractivity contribution in [2.24, 2.45) is 0 Å². The molecule has 0 unspecified atom stereocenters. The van der Waals surface area contributed by atoms with Crippen LogP contribution in [0.5, 0.6) is 0 Å². The number of para-hydroxylation sites is 4. The Bertz CT molecular complexity index is 2580. The molecule has 3 heteroatoms. The zero-order valence-electron chi connectivity index (χ0n) is 27.1. The molecule has 0 N–H and O–H groups in total. The highest BCUT2D eigenvalue weighted by molar-refractivity contribution is 6.12. The van der Waals surface area contributed by atoms with E-state index in [0.717, 1.165) is 22.7 Å². The summed E-state index contributed by atoms with van der Waals surface area (Å²) in [6.45, 7) is 4.54. The van der Waals surface area contributed by atoms with E-state index in [9.17, 15) is 0 Å². The lowest BCUT2D eigenvalue weighted by Gasteiger charge is -2.26. The average molecular weight is 618 g/mol. The van der Waals surface area contributed by atoms with Gasteiger partial charge in [0, 0.05) is 50.0 Å². The van der Waals surface area contributed by atoms with Crippen LogP contribution in [0.4, 0.5) is 17.1 Å². The van der Waals surface area contributed by atoms with Gasteiger partial charge in [0.05, 0.1) is 22.1 Å². The van der Waals surface area contributed by atoms with Gasteiger partial charge < -0.3 is 14.0 Å². The predicted octanol–water partition coefficient (Wildman–Crippen LogP) is 12.5. The van der Waals surface area contributed by atoms with Crippen LogP contribution >= 0.6 is 0 Å². The Balaban J connectivity index is 1.29. The van der Waals surface area contributed by atoms with E-state index in [0.29, 0.717) is 5.92 Å². The van der Waals surface area contributed by atoms with Crippen molar-refractivity contribution in [1.29, 1.82) is 0 Å². The van der Waals surface area contributed by atoms with Gasteiger partial charge >= 0.3 is 0 Å². The highest BCUT2D eigenvalue weighted by Gasteiger charge is 2.20. The molecule has 0 saturated carbocycles. The average Bonchev–Trinajstić information content (AvgIpc) is 3.65. The third-order valence-electron chi connectivity index (χ3n) is 9.66. The van der Waals surface area contributed by atoms with Gasteiger partial charge in [-0.05, 0) is 102 Å². The normalized spacial score (nSPS) is 11.7. The van der Waals surface area contributed by atoms with Crippen LogP contribution in [-0.4, -0.2) is 9.13 Å². The molecule has 0 radical (unpaired) electrons. The van der Waals surface area contributed by atoms with E-state index in [1.165, 1.54) is 54.9 Å². The Labute approximate surface area is 280 Å². The fraction of sp³-hybridized carbons (Fsp3) is 0.0667. The number of aromatic nitrogens is 2. The Morgan fingerprint density at radius 1 is 0.375 bits per heavy atom. The van der Waals surface area contributed by atoms with E-state index in [-0.39, 0.29) is 0 Å². The highest BCUT2D eigenvalue weighted by atomic mass is 15.1. The van der Waals surface area contributed by atoms with Gasteiger partial charge in [-0.3, -0.25) is 0 Å². The molecule has 0 fully saturated rings. The summed E-state index contributed by atoms with van der Waals surface area (Å²) in [5, 5.41) is 5.00. The summed E-state index contributed by atoms with van der Waals surface area (Å²) in [4.78, 5) is 2.39. The van der Waals surface area contributed by atoms with Crippen LogP contribution in [0.1, 0.15) is 25.3 Å². The molecule has 2 heterocycles. The number of fused-ring (bicyclic) bond motifs is 6. The Hall–Kier alpha value is -6.06. The molecule has 0 amide bonds. The fourth-order valence-electron chi connectivity index (χ4n) is 7.36. The minimum Gasteiger partial charge on any atom is -0.310 e. The van der Waals surface area contributed by atoms with Crippen molar-refractivity contribution in [3.8, 4) is 11.4 Å². The summed E-state index contributed by atoms with van der Waals surface area (Å²) < 4.78 is 4.77. The zero-order valence-corrected chi connectivity index (χ0v) is 27.1. The minimum absolute atomic E-state index is 0.443. The first-order valence-corrected chi connectivity index (χ1v) is 16.7. The molecule has 230 valence electrons. The molecule has 0 aliphatic heterocycles. The summed E-state index contributed by atoms with van der Waals surface area (Å²) in [7, 11) is 0. The van der Waals surface area contributed by atoms with Gasteiger partial charge in [-0.15, -0.1) is 0 Å². The van der Waals surface area contributed by atoms with Gasteiger partial charge in [-0.1, -0.05) is 92.7 Å². The molecular formula is C45H35N3. The fourth-order valence-corrected chi connectivity index (χ4v) is 7.36. The van der Waals surface area contributed by atoms with Crippen molar-refractivity contribution in [2.45, 2.75) is 19.8 Å².